The summed E-state index contributed by atoms with van der Waals surface area (Å²) in [5.74, 6) is -2.66. The highest BCUT2D eigenvalue weighted by atomic mass is 32.2. The van der Waals surface area contributed by atoms with E-state index in [9.17, 15) is 9.59 Å². The summed E-state index contributed by atoms with van der Waals surface area (Å²) in [6.45, 7) is 3.03. The van der Waals surface area contributed by atoms with Crippen LogP contribution in [-0.2, 0) is 19.1 Å². The van der Waals surface area contributed by atoms with E-state index in [4.69, 9.17) is 9.47 Å². The molecule has 0 aliphatic carbocycles. The Labute approximate surface area is 156 Å². The summed E-state index contributed by atoms with van der Waals surface area (Å²) in [5, 5.41) is 3.03. The molecule has 0 bridgehead atoms. The Morgan fingerprint density at radius 1 is 0.962 bits per heavy atom. The molecule has 2 aromatic carbocycles. The van der Waals surface area contributed by atoms with Crippen molar-refractivity contribution in [2.75, 3.05) is 11.6 Å². The molecule has 0 atom stereocenters. The number of cyclic esters (lactones) is 2. The second-order valence-corrected chi connectivity index (χ2v) is 7.03. The fraction of sp³-hybridized carbons (Fsp3) is 0.200. The second kappa shape index (κ2) is 7.25. The van der Waals surface area contributed by atoms with E-state index in [0.29, 0.717) is 0 Å². The molecule has 0 aromatic heterocycles. The molecule has 0 unspecified atom stereocenters. The number of hydrogen-bond acceptors (Lipinski definition) is 6. The third-order valence-electron chi connectivity index (χ3n) is 3.82. The lowest BCUT2D eigenvalue weighted by Crippen LogP contribution is -2.42. The molecule has 1 aliphatic rings. The predicted molar refractivity (Wildman–Crippen MR) is 102 cm³/mol. The quantitative estimate of drug-likeness (QED) is 0.377. The third-order valence-corrected chi connectivity index (χ3v) is 4.56. The zero-order chi connectivity index (χ0) is 18.7. The Morgan fingerprint density at radius 2 is 1.58 bits per heavy atom. The molecule has 26 heavy (non-hydrogen) atoms. The van der Waals surface area contributed by atoms with Gasteiger partial charge in [-0.05, 0) is 30.0 Å². The average molecular weight is 369 g/mol. The molecular formula is C20H19NO4S. The van der Waals surface area contributed by atoms with Crippen molar-refractivity contribution in [1.29, 1.82) is 0 Å². The van der Waals surface area contributed by atoms with Crippen molar-refractivity contribution in [2.24, 2.45) is 0 Å². The largest absolute Gasteiger partial charge is 0.419 e. The molecule has 2 aromatic rings. The second-order valence-electron chi connectivity index (χ2n) is 6.16. The lowest BCUT2D eigenvalue weighted by Gasteiger charge is -2.29. The van der Waals surface area contributed by atoms with E-state index >= 15 is 0 Å². The molecule has 6 heteroatoms. The van der Waals surface area contributed by atoms with E-state index in [1.54, 1.807) is 11.8 Å². The first-order chi connectivity index (χ1) is 12.4. The van der Waals surface area contributed by atoms with Crippen molar-refractivity contribution in [3.8, 4) is 11.1 Å². The number of ether oxygens (including phenoxy) is 2. The van der Waals surface area contributed by atoms with Gasteiger partial charge in [-0.1, -0.05) is 30.3 Å². The van der Waals surface area contributed by atoms with Gasteiger partial charge in [0, 0.05) is 36.2 Å². The summed E-state index contributed by atoms with van der Waals surface area (Å²) < 4.78 is 10.2. The van der Waals surface area contributed by atoms with Gasteiger partial charge in [-0.3, -0.25) is 0 Å². The first-order valence-corrected chi connectivity index (χ1v) is 9.29. The number of nitrogens with one attached hydrogen (secondary N) is 1. The van der Waals surface area contributed by atoms with Crippen LogP contribution in [0, 0.1) is 0 Å². The van der Waals surface area contributed by atoms with Crippen molar-refractivity contribution >= 4 is 29.4 Å². The Hall–Kier alpha value is -2.73. The molecule has 1 aliphatic heterocycles. The Bertz CT molecular complexity index is 850. The maximum atomic E-state index is 12.0. The van der Waals surface area contributed by atoms with Crippen LogP contribution < -0.4 is 5.32 Å². The number of para-hydroxylation sites is 1. The van der Waals surface area contributed by atoms with Gasteiger partial charge in [-0.2, -0.15) is 0 Å². The first-order valence-electron chi connectivity index (χ1n) is 8.06. The first kappa shape index (κ1) is 18.1. The van der Waals surface area contributed by atoms with E-state index < -0.39 is 17.7 Å². The number of carbonyl (C=O) groups is 2. The van der Waals surface area contributed by atoms with E-state index in [1.807, 2.05) is 54.8 Å². The van der Waals surface area contributed by atoms with Crippen LogP contribution in [0.3, 0.4) is 0 Å². The van der Waals surface area contributed by atoms with Gasteiger partial charge in [0.05, 0.1) is 0 Å². The van der Waals surface area contributed by atoms with Crippen LogP contribution in [0.25, 0.3) is 11.1 Å². The van der Waals surface area contributed by atoms with Crippen LogP contribution in [0.1, 0.15) is 13.8 Å². The number of anilines is 1. The summed E-state index contributed by atoms with van der Waals surface area (Å²) in [5.41, 5.74) is 2.58. The van der Waals surface area contributed by atoms with E-state index in [0.717, 1.165) is 16.8 Å². The molecule has 1 fully saturated rings. The molecule has 5 nitrogen and oxygen atoms in total. The maximum Gasteiger partial charge on any atom is 0.350 e. The molecule has 134 valence electrons. The topological polar surface area (TPSA) is 64.6 Å². The van der Waals surface area contributed by atoms with Crippen molar-refractivity contribution in [1.82, 2.24) is 0 Å². The molecule has 0 saturated carbocycles. The number of esters is 2. The van der Waals surface area contributed by atoms with Crippen LogP contribution in [0.2, 0.25) is 0 Å². The highest BCUT2D eigenvalue weighted by Crippen LogP contribution is 2.30. The van der Waals surface area contributed by atoms with Crippen molar-refractivity contribution in [2.45, 2.75) is 24.5 Å². The maximum absolute atomic E-state index is 12.0. The molecule has 1 heterocycles. The molecule has 0 radical (unpaired) electrons. The summed E-state index contributed by atoms with van der Waals surface area (Å²) in [6, 6.07) is 15.8. The third kappa shape index (κ3) is 3.91. The van der Waals surface area contributed by atoms with E-state index in [-0.39, 0.29) is 5.57 Å². The van der Waals surface area contributed by atoms with Crippen molar-refractivity contribution in [3.05, 3.63) is 60.3 Å². The number of benzene rings is 2. The molecular weight excluding hydrogens is 350 g/mol. The molecule has 1 saturated heterocycles. The molecule has 0 spiro atoms. The van der Waals surface area contributed by atoms with Crippen molar-refractivity contribution in [3.63, 3.8) is 0 Å². The molecule has 3 rings (SSSR count). The highest BCUT2D eigenvalue weighted by molar-refractivity contribution is 7.98. The van der Waals surface area contributed by atoms with Crippen molar-refractivity contribution < 1.29 is 19.1 Å². The van der Waals surface area contributed by atoms with E-state index in [2.05, 4.69) is 5.32 Å². The van der Waals surface area contributed by atoms with Gasteiger partial charge in [-0.25, -0.2) is 9.59 Å². The van der Waals surface area contributed by atoms with Crippen LogP contribution in [0.15, 0.2) is 65.2 Å². The monoisotopic (exact) mass is 369 g/mol. The Morgan fingerprint density at radius 3 is 2.19 bits per heavy atom. The predicted octanol–water partition coefficient (Wildman–Crippen LogP) is 4.21. The van der Waals surface area contributed by atoms with Crippen LogP contribution in [-0.4, -0.2) is 24.0 Å². The number of hydrogen-bond donors (Lipinski definition) is 1. The van der Waals surface area contributed by atoms with Crippen LogP contribution in [0.4, 0.5) is 5.69 Å². The van der Waals surface area contributed by atoms with Gasteiger partial charge in [0.25, 0.3) is 5.79 Å². The number of carbonyl (C=O) groups excluding carboxylic acids is 2. The zero-order valence-corrected chi connectivity index (χ0v) is 15.6. The fourth-order valence-corrected chi connectivity index (χ4v) is 2.97. The Balaban J connectivity index is 1.87. The number of thioether (sulfide) groups is 1. The van der Waals surface area contributed by atoms with Gasteiger partial charge < -0.3 is 14.8 Å². The Kier molecular flexibility index (Phi) is 5.04. The zero-order valence-electron chi connectivity index (χ0n) is 14.7. The molecule has 0 amide bonds. The minimum Gasteiger partial charge on any atom is -0.419 e. The summed E-state index contributed by atoms with van der Waals surface area (Å²) in [7, 11) is 0. The molecule has 1 N–H and O–H groups in total. The summed E-state index contributed by atoms with van der Waals surface area (Å²) in [4.78, 5) is 25.2. The lowest BCUT2D eigenvalue weighted by molar-refractivity contribution is -0.222. The summed E-state index contributed by atoms with van der Waals surface area (Å²) in [6.07, 6.45) is 3.36. The van der Waals surface area contributed by atoms with Gasteiger partial charge in [0.2, 0.25) is 0 Å². The summed E-state index contributed by atoms with van der Waals surface area (Å²) >= 11 is 1.68. The standard InChI is InChI=1S/C20H19NO4S/c1-20(2)24-18(22)16(19(23)25-20)12-21-17-7-5-4-6-15(17)13-8-10-14(26-3)11-9-13/h4-12,21H,1-3H3. The number of rotatable bonds is 4. The van der Waals surface area contributed by atoms with Gasteiger partial charge in [0.15, 0.2) is 5.57 Å². The minimum atomic E-state index is -1.25. The van der Waals surface area contributed by atoms with E-state index in [1.165, 1.54) is 24.9 Å². The smallest absolute Gasteiger partial charge is 0.350 e. The minimum absolute atomic E-state index is 0.170. The fourth-order valence-electron chi connectivity index (χ4n) is 2.56. The van der Waals surface area contributed by atoms with Gasteiger partial charge in [-0.15, -0.1) is 11.8 Å². The van der Waals surface area contributed by atoms with Crippen LogP contribution in [0.5, 0.6) is 0 Å². The van der Waals surface area contributed by atoms with Crippen LogP contribution >= 0.6 is 11.8 Å². The average Bonchev–Trinajstić information content (AvgIpc) is 2.60. The lowest BCUT2D eigenvalue weighted by atomic mass is 10.0. The SMILES string of the molecule is CSc1ccc(-c2ccccc2NC=C2C(=O)OC(C)(C)OC2=O)cc1. The van der Waals surface area contributed by atoms with Gasteiger partial charge >= 0.3 is 11.9 Å². The highest BCUT2D eigenvalue weighted by Gasteiger charge is 2.38. The van der Waals surface area contributed by atoms with Gasteiger partial charge in [0.1, 0.15) is 0 Å². The normalized spacial score (nSPS) is 15.9.